The van der Waals surface area contributed by atoms with Gasteiger partial charge in [-0.3, -0.25) is 9.67 Å². The molecule has 0 aliphatic carbocycles. The molecule has 0 saturated carbocycles. The van der Waals surface area contributed by atoms with Crippen molar-refractivity contribution in [2.45, 2.75) is 33.2 Å². The molecule has 8 nitrogen and oxygen atoms in total. The van der Waals surface area contributed by atoms with Gasteiger partial charge in [-0.2, -0.15) is 5.10 Å². The van der Waals surface area contributed by atoms with E-state index >= 15 is 0 Å². The molecule has 0 aliphatic rings. The average Bonchev–Trinajstić information content (AvgIpc) is 3.16. The highest BCUT2D eigenvalue weighted by Crippen LogP contribution is 1.97. The van der Waals surface area contributed by atoms with E-state index in [-0.39, 0.29) is 24.0 Å². The lowest BCUT2D eigenvalue weighted by Crippen LogP contribution is -2.39. The zero-order valence-electron chi connectivity index (χ0n) is 14.6. The van der Waals surface area contributed by atoms with Crippen LogP contribution in [0.4, 0.5) is 0 Å². The van der Waals surface area contributed by atoms with Gasteiger partial charge in [0, 0.05) is 45.8 Å². The Balaban J connectivity index is 0.00000288. The number of guanidine groups is 1. The number of nitrogens with zero attached hydrogens (tertiary/aromatic N) is 6. The summed E-state index contributed by atoms with van der Waals surface area (Å²) in [5.74, 6) is 1.84. The standard InChI is InChI=1S/C15H26N8.HI/c1-4-14-21-19-12-23(14)9-8-18-15(16-5-2)17-7-6-13-10-20-22(3)11-13;/h10-12H,4-9H2,1-3H3,(H2,16,17,18);1H. The Labute approximate surface area is 160 Å². The molecular formula is C15H27IN8. The lowest BCUT2D eigenvalue weighted by molar-refractivity contribution is 0.632. The van der Waals surface area contributed by atoms with Crippen molar-refractivity contribution in [1.29, 1.82) is 0 Å². The second kappa shape index (κ2) is 11.0. The molecule has 0 fully saturated rings. The van der Waals surface area contributed by atoms with Crippen LogP contribution in [0, 0.1) is 0 Å². The molecule has 0 aromatic carbocycles. The summed E-state index contributed by atoms with van der Waals surface area (Å²) in [6.07, 6.45) is 7.45. The first kappa shape index (κ1) is 20.4. The van der Waals surface area contributed by atoms with Crippen LogP contribution in [-0.4, -0.2) is 50.1 Å². The molecule has 0 radical (unpaired) electrons. The molecule has 2 heterocycles. The molecule has 0 atom stereocenters. The zero-order chi connectivity index (χ0) is 16.5. The van der Waals surface area contributed by atoms with Crippen molar-refractivity contribution in [3.63, 3.8) is 0 Å². The normalized spacial score (nSPS) is 11.2. The van der Waals surface area contributed by atoms with Crippen LogP contribution in [0.3, 0.4) is 0 Å². The maximum absolute atomic E-state index is 4.60. The Morgan fingerprint density at radius 2 is 2.12 bits per heavy atom. The van der Waals surface area contributed by atoms with Gasteiger partial charge < -0.3 is 15.2 Å². The lowest BCUT2D eigenvalue weighted by Gasteiger charge is -2.12. The van der Waals surface area contributed by atoms with Crippen molar-refractivity contribution >= 4 is 29.9 Å². The molecule has 9 heteroatoms. The first-order valence-corrected chi connectivity index (χ1v) is 8.09. The molecule has 2 aromatic rings. The van der Waals surface area contributed by atoms with E-state index in [1.54, 1.807) is 6.33 Å². The summed E-state index contributed by atoms with van der Waals surface area (Å²) in [6, 6.07) is 0. The van der Waals surface area contributed by atoms with Gasteiger partial charge in [-0.05, 0) is 18.9 Å². The van der Waals surface area contributed by atoms with Gasteiger partial charge in [0.2, 0.25) is 0 Å². The minimum atomic E-state index is 0. The molecule has 0 bridgehead atoms. The minimum absolute atomic E-state index is 0. The molecule has 0 saturated heterocycles. The fourth-order valence-corrected chi connectivity index (χ4v) is 2.27. The Hall–Kier alpha value is -1.65. The van der Waals surface area contributed by atoms with Crippen molar-refractivity contribution < 1.29 is 0 Å². The van der Waals surface area contributed by atoms with Gasteiger partial charge >= 0.3 is 0 Å². The number of nitrogens with one attached hydrogen (secondary N) is 2. The predicted molar refractivity (Wildman–Crippen MR) is 106 cm³/mol. The van der Waals surface area contributed by atoms with Crippen molar-refractivity contribution in [3.8, 4) is 0 Å². The van der Waals surface area contributed by atoms with Crippen LogP contribution < -0.4 is 10.6 Å². The highest BCUT2D eigenvalue weighted by Gasteiger charge is 2.02. The second-order valence-electron chi connectivity index (χ2n) is 5.25. The quantitative estimate of drug-likeness (QED) is 0.359. The van der Waals surface area contributed by atoms with E-state index in [4.69, 9.17) is 0 Å². The number of halogens is 1. The van der Waals surface area contributed by atoms with Crippen LogP contribution in [0.1, 0.15) is 25.2 Å². The smallest absolute Gasteiger partial charge is 0.191 e. The van der Waals surface area contributed by atoms with Crippen molar-refractivity contribution in [1.82, 2.24) is 35.2 Å². The third-order valence-electron chi connectivity index (χ3n) is 3.43. The highest BCUT2D eigenvalue weighted by atomic mass is 127. The molecule has 0 unspecified atom stereocenters. The summed E-state index contributed by atoms with van der Waals surface area (Å²) in [5.41, 5.74) is 1.20. The van der Waals surface area contributed by atoms with E-state index in [1.165, 1.54) is 5.56 Å². The zero-order valence-corrected chi connectivity index (χ0v) is 16.9. The van der Waals surface area contributed by atoms with E-state index in [9.17, 15) is 0 Å². The van der Waals surface area contributed by atoms with E-state index in [2.05, 4.69) is 49.3 Å². The van der Waals surface area contributed by atoms with Gasteiger partial charge in [0.05, 0.1) is 6.20 Å². The first-order valence-electron chi connectivity index (χ1n) is 8.09. The highest BCUT2D eigenvalue weighted by molar-refractivity contribution is 14.0. The van der Waals surface area contributed by atoms with E-state index < -0.39 is 0 Å². The summed E-state index contributed by atoms with van der Waals surface area (Å²) in [4.78, 5) is 4.60. The van der Waals surface area contributed by atoms with Crippen LogP contribution in [0.2, 0.25) is 0 Å². The van der Waals surface area contributed by atoms with Gasteiger partial charge in [0.15, 0.2) is 5.96 Å². The average molecular weight is 446 g/mol. The molecule has 0 aliphatic heterocycles. The van der Waals surface area contributed by atoms with Crippen molar-refractivity contribution in [2.75, 3.05) is 19.6 Å². The maximum atomic E-state index is 4.60. The Kier molecular flexibility index (Phi) is 9.35. The Morgan fingerprint density at radius 1 is 1.29 bits per heavy atom. The fourth-order valence-electron chi connectivity index (χ4n) is 2.27. The van der Waals surface area contributed by atoms with Crippen LogP contribution in [0.25, 0.3) is 0 Å². The van der Waals surface area contributed by atoms with Gasteiger partial charge in [-0.1, -0.05) is 6.92 Å². The molecule has 0 spiro atoms. The largest absolute Gasteiger partial charge is 0.357 e. The van der Waals surface area contributed by atoms with Gasteiger partial charge in [-0.15, -0.1) is 34.2 Å². The first-order chi connectivity index (χ1) is 11.2. The number of aliphatic imine (C=N–C) groups is 1. The fraction of sp³-hybridized carbons (Fsp3) is 0.600. The van der Waals surface area contributed by atoms with Crippen LogP contribution in [0.15, 0.2) is 23.7 Å². The van der Waals surface area contributed by atoms with Gasteiger partial charge in [0.1, 0.15) is 12.2 Å². The van der Waals surface area contributed by atoms with Gasteiger partial charge in [-0.25, -0.2) is 0 Å². The molecule has 2 rings (SSSR count). The van der Waals surface area contributed by atoms with Crippen LogP contribution in [-0.2, 0) is 26.4 Å². The van der Waals surface area contributed by atoms with E-state index in [1.807, 2.05) is 24.1 Å². The van der Waals surface area contributed by atoms with E-state index in [0.29, 0.717) is 0 Å². The summed E-state index contributed by atoms with van der Waals surface area (Å²) in [7, 11) is 1.92. The minimum Gasteiger partial charge on any atom is -0.357 e. The van der Waals surface area contributed by atoms with Crippen molar-refractivity contribution in [2.24, 2.45) is 12.0 Å². The van der Waals surface area contributed by atoms with E-state index in [0.717, 1.165) is 50.8 Å². The third kappa shape index (κ3) is 6.46. The Bertz CT molecular complexity index is 619. The molecule has 134 valence electrons. The summed E-state index contributed by atoms with van der Waals surface area (Å²) < 4.78 is 3.87. The monoisotopic (exact) mass is 446 g/mol. The molecule has 2 aromatic heterocycles. The van der Waals surface area contributed by atoms with Crippen molar-refractivity contribution in [3.05, 3.63) is 30.1 Å². The molecule has 2 N–H and O–H groups in total. The number of aromatic nitrogens is 5. The topological polar surface area (TPSA) is 85.0 Å². The maximum Gasteiger partial charge on any atom is 0.191 e. The summed E-state index contributed by atoms with van der Waals surface area (Å²) in [5, 5.41) is 18.8. The van der Waals surface area contributed by atoms with Crippen LogP contribution in [0.5, 0.6) is 0 Å². The van der Waals surface area contributed by atoms with Gasteiger partial charge in [0.25, 0.3) is 0 Å². The Morgan fingerprint density at radius 3 is 2.79 bits per heavy atom. The lowest BCUT2D eigenvalue weighted by atomic mass is 10.3. The number of aryl methyl sites for hydroxylation is 2. The SMILES string of the molecule is CCNC(=NCCc1cnn(C)c1)NCCn1cnnc1CC.I. The number of hydrogen-bond donors (Lipinski definition) is 2. The van der Waals surface area contributed by atoms with Crippen LogP contribution >= 0.6 is 24.0 Å². The predicted octanol–water partition coefficient (Wildman–Crippen LogP) is 0.990. The summed E-state index contributed by atoms with van der Waals surface area (Å²) in [6.45, 7) is 7.32. The third-order valence-corrected chi connectivity index (χ3v) is 3.43. The molecule has 24 heavy (non-hydrogen) atoms. The second-order valence-corrected chi connectivity index (χ2v) is 5.25. The molecular weight excluding hydrogens is 419 g/mol. The number of rotatable bonds is 8. The molecule has 0 amide bonds. The summed E-state index contributed by atoms with van der Waals surface area (Å²) >= 11 is 0. The number of hydrogen-bond acceptors (Lipinski definition) is 4.